The molecule has 0 bridgehead atoms. The molecule has 0 amide bonds. The number of hydrogen-bond donors (Lipinski definition) is 1. The van der Waals surface area contributed by atoms with Crippen molar-refractivity contribution >= 4 is 11.9 Å². The Balaban J connectivity index is 1.44. The molecule has 2 aromatic heterocycles. The van der Waals surface area contributed by atoms with Crippen molar-refractivity contribution < 1.29 is 33.8 Å². The molecule has 2 aromatic rings. The summed E-state index contributed by atoms with van der Waals surface area (Å²) in [6.45, 7) is 3.70. The van der Waals surface area contributed by atoms with Gasteiger partial charge in [-0.3, -0.25) is 4.79 Å². The van der Waals surface area contributed by atoms with Crippen LogP contribution in [-0.2, 0) is 36.8 Å². The number of carboxylic acids is 1. The standard InChI is InChI=1S/C17H26N6O8/c24-16(25)1-5-28-7-9-30-11-12-31-10-8-29-6-4-22-14-15(19-20-22)13-21-3-2-18-17(21)23(26)27/h2-3,14H,1,4-13H2,(H,24,25). The number of hydrogen-bond acceptors (Lipinski definition) is 10. The van der Waals surface area contributed by atoms with E-state index in [0.717, 1.165) is 0 Å². The van der Waals surface area contributed by atoms with Crippen molar-refractivity contribution in [3.8, 4) is 0 Å². The molecule has 0 unspecified atom stereocenters. The lowest BCUT2D eigenvalue weighted by Gasteiger charge is -2.07. The fourth-order valence-electron chi connectivity index (χ4n) is 2.37. The van der Waals surface area contributed by atoms with Crippen LogP contribution in [0.1, 0.15) is 12.1 Å². The summed E-state index contributed by atoms with van der Waals surface area (Å²) in [5.74, 6) is -1.13. The van der Waals surface area contributed by atoms with Gasteiger partial charge >= 0.3 is 11.9 Å². The number of rotatable bonds is 18. The summed E-state index contributed by atoms with van der Waals surface area (Å²) in [4.78, 5) is 24.3. The molecule has 0 fully saturated rings. The molecule has 0 radical (unpaired) electrons. The smallest absolute Gasteiger partial charge is 0.434 e. The van der Waals surface area contributed by atoms with Gasteiger partial charge in [0.05, 0.1) is 72.0 Å². The second-order valence-corrected chi connectivity index (χ2v) is 6.18. The van der Waals surface area contributed by atoms with Crippen molar-refractivity contribution in [2.45, 2.75) is 19.5 Å². The highest BCUT2D eigenvalue weighted by Gasteiger charge is 2.15. The Labute approximate surface area is 177 Å². The average Bonchev–Trinajstić information content (AvgIpc) is 3.38. The summed E-state index contributed by atoms with van der Waals surface area (Å²) in [5.41, 5.74) is 0.580. The van der Waals surface area contributed by atoms with E-state index in [1.54, 1.807) is 10.9 Å². The van der Waals surface area contributed by atoms with Gasteiger partial charge < -0.3 is 34.2 Å². The molecule has 0 aliphatic rings. The maximum Gasteiger partial charge on any atom is 0.434 e. The van der Waals surface area contributed by atoms with Crippen LogP contribution in [0.4, 0.5) is 5.95 Å². The number of aliphatic carboxylic acids is 1. The molecule has 2 rings (SSSR count). The van der Waals surface area contributed by atoms with Gasteiger partial charge in [0.25, 0.3) is 0 Å². The fraction of sp³-hybridized carbons (Fsp3) is 0.647. The van der Waals surface area contributed by atoms with Crippen molar-refractivity contribution in [2.24, 2.45) is 0 Å². The molecule has 172 valence electrons. The van der Waals surface area contributed by atoms with Gasteiger partial charge in [0.2, 0.25) is 0 Å². The summed E-state index contributed by atoms with van der Waals surface area (Å²) in [6, 6.07) is 0. The van der Waals surface area contributed by atoms with E-state index in [1.807, 2.05) is 0 Å². The number of aromatic nitrogens is 5. The average molecular weight is 442 g/mol. The third-order valence-corrected chi connectivity index (χ3v) is 3.82. The molecule has 0 spiro atoms. The Bertz CT molecular complexity index is 795. The predicted molar refractivity (Wildman–Crippen MR) is 104 cm³/mol. The SMILES string of the molecule is O=C(O)CCOCCOCCOCCOCCn1cc(Cn2ccnc2[N+](=O)[O-])nn1. The molecule has 0 aromatic carbocycles. The van der Waals surface area contributed by atoms with Gasteiger partial charge in [-0.25, -0.2) is 9.25 Å². The zero-order valence-electron chi connectivity index (χ0n) is 17.0. The first-order valence-electron chi connectivity index (χ1n) is 9.63. The fourth-order valence-corrected chi connectivity index (χ4v) is 2.37. The van der Waals surface area contributed by atoms with Gasteiger partial charge in [-0.15, -0.1) is 5.10 Å². The quantitative estimate of drug-likeness (QED) is 0.187. The van der Waals surface area contributed by atoms with E-state index in [4.69, 9.17) is 24.1 Å². The van der Waals surface area contributed by atoms with Crippen LogP contribution < -0.4 is 0 Å². The van der Waals surface area contributed by atoms with Crippen molar-refractivity contribution in [1.82, 2.24) is 24.5 Å². The van der Waals surface area contributed by atoms with Crippen LogP contribution in [0.2, 0.25) is 0 Å². The number of nitro groups is 1. The minimum atomic E-state index is -0.888. The summed E-state index contributed by atoms with van der Waals surface area (Å²) in [5, 5.41) is 27.3. The van der Waals surface area contributed by atoms with Crippen LogP contribution in [0.25, 0.3) is 0 Å². The zero-order valence-corrected chi connectivity index (χ0v) is 17.0. The lowest BCUT2D eigenvalue weighted by molar-refractivity contribution is -0.396. The van der Waals surface area contributed by atoms with Gasteiger partial charge in [-0.1, -0.05) is 10.2 Å². The normalized spacial score (nSPS) is 11.1. The Morgan fingerprint density at radius 2 is 1.65 bits per heavy atom. The predicted octanol–water partition coefficient (Wildman–Crippen LogP) is -0.0278. The maximum atomic E-state index is 10.9. The number of carbonyl (C=O) groups is 1. The largest absolute Gasteiger partial charge is 0.481 e. The number of ether oxygens (including phenoxy) is 4. The number of carboxylic acid groups (broad SMARTS) is 1. The van der Waals surface area contributed by atoms with E-state index in [2.05, 4.69) is 15.3 Å². The molecule has 1 N–H and O–H groups in total. The third kappa shape index (κ3) is 10.1. The van der Waals surface area contributed by atoms with E-state index < -0.39 is 10.9 Å². The van der Waals surface area contributed by atoms with Crippen LogP contribution >= 0.6 is 0 Å². The Kier molecular flexibility index (Phi) is 11.1. The van der Waals surface area contributed by atoms with Crippen LogP contribution in [-0.4, -0.2) is 93.4 Å². The molecule has 14 nitrogen and oxygen atoms in total. The minimum Gasteiger partial charge on any atom is -0.481 e. The van der Waals surface area contributed by atoms with Crippen molar-refractivity contribution in [3.05, 3.63) is 34.4 Å². The topological polar surface area (TPSA) is 166 Å². The number of nitrogens with zero attached hydrogens (tertiary/aromatic N) is 6. The Hall–Kier alpha value is -2.94. The molecular weight excluding hydrogens is 416 g/mol. The van der Waals surface area contributed by atoms with Crippen molar-refractivity contribution in [1.29, 1.82) is 0 Å². The molecule has 0 aliphatic carbocycles. The highest BCUT2D eigenvalue weighted by Crippen LogP contribution is 2.09. The third-order valence-electron chi connectivity index (χ3n) is 3.82. The molecule has 0 saturated heterocycles. The summed E-state index contributed by atoms with van der Waals surface area (Å²) >= 11 is 0. The summed E-state index contributed by atoms with van der Waals surface area (Å²) < 4.78 is 24.2. The van der Waals surface area contributed by atoms with Crippen LogP contribution in [0.15, 0.2) is 18.6 Å². The summed E-state index contributed by atoms with van der Waals surface area (Å²) in [6.07, 6.45) is 4.57. The van der Waals surface area contributed by atoms with Crippen LogP contribution in [0.3, 0.4) is 0 Å². The van der Waals surface area contributed by atoms with E-state index in [-0.39, 0.29) is 25.5 Å². The highest BCUT2D eigenvalue weighted by molar-refractivity contribution is 5.66. The zero-order chi connectivity index (χ0) is 22.3. The lowest BCUT2D eigenvalue weighted by Crippen LogP contribution is -2.14. The van der Waals surface area contributed by atoms with Crippen LogP contribution in [0, 0.1) is 10.1 Å². The number of imidazole rings is 1. The second-order valence-electron chi connectivity index (χ2n) is 6.18. The molecule has 0 aliphatic heterocycles. The van der Waals surface area contributed by atoms with E-state index >= 15 is 0 Å². The Morgan fingerprint density at radius 3 is 2.26 bits per heavy atom. The van der Waals surface area contributed by atoms with Crippen molar-refractivity contribution in [3.63, 3.8) is 0 Å². The molecular formula is C17H26N6O8. The Morgan fingerprint density at radius 1 is 1.03 bits per heavy atom. The first-order valence-corrected chi connectivity index (χ1v) is 9.63. The van der Waals surface area contributed by atoms with Gasteiger partial charge in [-0.2, -0.15) is 0 Å². The van der Waals surface area contributed by atoms with E-state index in [0.29, 0.717) is 58.5 Å². The van der Waals surface area contributed by atoms with Gasteiger partial charge in [0.15, 0.2) is 0 Å². The first-order chi connectivity index (χ1) is 15.1. The van der Waals surface area contributed by atoms with Crippen LogP contribution in [0.5, 0.6) is 0 Å². The monoisotopic (exact) mass is 442 g/mol. The first kappa shape index (κ1) is 24.3. The minimum absolute atomic E-state index is 0.0164. The van der Waals surface area contributed by atoms with Gasteiger partial charge in [0, 0.05) is 0 Å². The molecule has 31 heavy (non-hydrogen) atoms. The molecule has 0 atom stereocenters. The van der Waals surface area contributed by atoms with E-state index in [9.17, 15) is 14.9 Å². The molecule has 2 heterocycles. The maximum absolute atomic E-state index is 10.9. The molecule has 0 saturated carbocycles. The highest BCUT2D eigenvalue weighted by atomic mass is 16.6. The lowest BCUT2D eigenvalue weighted by atomic mass is 10.4. The summed E-state index contributed by atoms with van der Waals surface area (Å²) in [7, 11) is 0. The van der Waals surface area contributed by atoms with E-state index in [1.165, 1.54) is 17.0 Å². The van der Waals surface area contributed by atoms with Gasteiger partial charge in [0.1, 0.15) is 24.6 Å². The van der Waals surface area contributed by atoms with Gasteiger partial charge in [-0.05, 0) is 4.92 Å². The van der Waals surface area contributed by atoms with Crippen molar-refractivity contribution in [2.75, 3.05) is 52.9 Å². The second kappa shape index (κ2) is 14.1. The molecule has 14 heteroatoms.